The molecule has 1 atom stereocenters. The Morgan fingerprint density at radius 2 is 2.04 bits per heavy atom. The topological polar surface area (TPSA) is 41.9 Å². The predicted molar refractivity (Wildman–Crippen MR) is 107 cm³/mol. The number of rotatable bonds is 6. The van der Waals surface area contributed by atoms with Gasteiger partial charge < -0.3 is 9.64 Å². The van der Waals surface area contributed by atoms with Gasteiger partial charge in [0.25, 0.3) is 0 Å². The Balaban J connectivity index is 2.27. The summed E-state index contributed by atoms with van der Waals surface area (Å²) in [5, 5.41) is 1.10. The Labute approximate surface area is 156 Å². The second kappa shape index (κ2) is 8.75. The molecular formula is C20H30N2O2S. The molecule has 0 aromatic heterocycles. The quantitative estimate of drug-likeness (QED) is 0.676. The maximum atomic E-state index is 11.7. The number of aliphatic imine (C=N–C) groups is 1. The zero-order chi connectivity index (χ0) is 18.6. The van der Waals surface area contributed by atoms with Gasteiger partial charge in [0.2, 0.25) is 0 Å². The highest BCUT2D eigenvalue weighted by Gasteiger charge is 2.31. The first-order valence-corrected chi connectivity index (χ1v) is 9.97. The summed E-state index contributed by atoms with van der Waals surface area (Å²) in [5.74, 6) is 2.07. The third-order valence-electron chi connectivity index (χ3n) is 4.23. The highest BCUT2D eigenvalue weighted by Crippen LogP contribution is 2.32. The monoisotopic (exact) mass is 362 g/mol. The molecule has 1 aromatic carbocycles. The summed E-state index contributed by atoms with van der Waals surface area (Å²) in [5.41, 5.74) is 2.49. The number of carbonyl (C=O) groups is 1. The minimum atomic E-state index is -0.309. The summed E-state index contributed by atoms with van der Waals surface area (Å²) in [4.78, 5) is 19.1. The first-order valence-electron chi connectivity index (χ1n) is 8.98. The van der Waals surface area contributed by atoms with E-state index in [1.165, 1.54) is 13.5 Å². The van der Waals surface area contributed by atoms with E-state index < -0.39 is 0 Å². The van der Waals surface area contributed by atoms with Crippen molar-refractivity contribution in [1.82, 2.24) is 4.90 Å². The third kappa shape index (κ3) is 5.24. The smallest absolute Gasteiger partial charge is 0.337 e. The molecule has 1 aliphatic rings. The number of hydrogen-bond donors (Lipinski definition) is 0. The molecule has 0 radical (unpaired) electrons. The Morgan fingerprint density at radius 3 is 2.60 bits per heavy atom. The Kier molecular flexibility index (Phi) is 6.94. The number of amidine groups is 1. The van der Waals surface area contributed by atoms with Crippen LogP contribution in [0.4, 0.5) is 5.69 Å². The van der Waals surface area contributed by atoms with E-state index in [4.69, 9.17) is 9.73 Å². The number of thioether (sulfide) groups is 1. The van der Waals surface area contributed by atoms with Crippen LogP contribution in [0, 0.1) is 18.8 Å². The average Bonchev–Trinajstić information content (AvgIpc) is 2.89. The van der Waals surface area contributed by atoms with E-state index in [2.05, 4.69) is 32.6 Å². The number of benzene rings is 1. The van der Waals surface area contributed by atoms with Crippen LogP contribution in [0.15, 0.2) is 23.2 Å². The van der Waals surface area contributed by atoms with Crippen molar-refractivity contribution in [2.45, 2.75) is 47.1 Å². The molecule has 0 aliphatic carbocycles. The van der Waals surface area contributed by atoms with Gasteiger partial charge >= 0.3 is 5.97 Å². The van der Waals surface area contributed by atoms with Crippen LogP contribution in [0.2, 0.25) is 0 Å². The van der Waals surface area contributed by atoms with Crippen molar-refractivity contribution in [3.8, 4) is 0 Å². The Morgan fingerprint density at radius 1 is 1.32 bits per heavy atom. The van der Waals surface area contributed by atoms with Gasteiger partial charge in [0, 0.05) is 18.3 Å². The van der Waals surface area contributed by atoms with Crippen molar-refractivity contribution in [1.29, 1.82) is 0 Å². The summed E-state index contributed by atoms with van der Waals surface area (Å²) in [6.45, 7) is 12.1. The van der Waals surface area contributed by atoms with Crippen molar-refractivity contribution in [3.05, 3.63) is 29.3 Å². The molecule has 2 rings (SSSR count). The van der Waals surface area contributed by atoms with Crippen molar-refractivity contribution in [2.24, 2.45) is 16.8 Å². The SMILES string of the molecule is COC(=O)c1ccc(N=C2SC[C@H](CC(C)C)N2CC(C)C)c(C)c1. The molecule has 138 valence electrons. The van der Waals surface area contributed by atoms with Gasteiger partial charge in [0.15, 0.2) is 5.17 Å². The maximum absolute atomic E-state index is 11.7. The molecule has 5 heteroatoms. The van der Waals surface area contributed by atoms with E-state index in [0.717, 1.165) is 28.7 Å². The first kappa shape index (κ1) is 19.8. The lowest BCUT2D eigenvalue weighted by atomic mass is 10.0. The van der Waals surface area contributed by atoms with Crippen LogP contribution < -0.4 is 0 Å². The van der Waals surface area contributed by atoms with E-state index in [1.54, 1.807) is 6.07 Å². The van der Waals surface area contributed by atoms with Crippen LogP contribution in [0.3, 0.4) is 0 Å². The molecule has 0 amide bonds. The van der Waals surface area contributed by atoms with Gasteiger partial charge in [-0.05, 0) is 48.9 Å². The van der Waals surface area contributed by atoms with Gasteiger partial charge in [0.05, 0.1) is 18.4 Å². The molecule has 1 aromatic rings. The zero-order valence-electron chi connectivity index (χ0n) is 16.2. The molecule has 1 aliphatic heterocycles. The van der Waals surface area contributed by atoms with Crippen molar-refractivity contribution in [3.63, 3.8) is 0 Å². The summed E-state index contributed by atoms with van der Waals surface area (Å²) in [6, 6.07) is 6.11. The van der Waals surface area contributed by atoms with Gasteiger partial charge in [-0.1, -0.05) is 39.5 Å². The predicted octanol–water partition coefficient (Wildman–Crippen LogP) is 4.89. The largest absolute Gasteiger partial charge is 0.465 e. The van der Waals surface area contributed by atoms with Gasteiger partial charge in [-0.25, -0.2) is 9.79 Å². The molecule has 0 N–H and O–H groups in total. The normalized spacial score (nSPS) is 19.3. The second-order valence-electron chi connectivity index (χ2n) is 7.53. The van der Waals surface area contributed by atoms with Gasteiger partial charge in [0.1, 0.15) is 0 Å². The number of aryl methyl sites for hydroxylation is 1. The van der Waals surface area contributed by atoms with E-state index in [1.807, 2.05) is 30.8 Å². The number of nitrogens with zero attached hydrogens (tertiary/aromatic N) is 2. The maximum Gasteiger partial charge on any atom is 0.337 e. The first-order chi connectivity index (χ1) is 11.8. The molecule has 4 nitrogen and oxygen atoms in total. The fourth-order valence-corrected chi connectivity index (χ4v) is 4.29. The number of methoxy groups -OCH3 is 1. The second-order valence-corrected chi connectivity index (χ2v) is 8.51. The fourth-order valence-electron chi connectivity index (χ4n) is 3.09. The minimum Gasteiger partial charge on any atom is -0.465 e. The van der Waals surface area contributed by atoms with E-state index in [-0.39, 0.29) is 5.97 Å². The third-order valence-corrected chi connectivity index (χ3v) is 5.37. The molecular weight excluding hydrogens is 332 g/mol. The number of carbonyl (C=O) groups excluding carboxylic acids is 1. The van der Waals surface area contributed by atoms with Crippen molar-refractivity contribution < 1.29 is 9.53 Å². The molecule has 0 bridgehead atoms. The minimum absolute atomic E-state index is 0.309. The van der Waals surface area contributed by atoms with Crippen LogP contribution in [-0.4, -0.2) is 41.5 Å². The molecule has 1 fully saturated rings. The van der Waals surface area contributed by atoms with Crippen LogP contribution in [0.1, 0.15) is 50.0 Å². The summed E-state index contributed by atoms with van der Waals surface area (Å²) in [6.07, 6.45) is 1.19. The molecule has 0 unspecified atom stereocenters. The van der Waals surface area contributed by atoms with E-state index in [9.17, 15) is 4.79 Å². The number of hydrogen-bond acceptors (Lipinski definition) is 4. The van der Waals surface area contributed by atoms with Gasteiger partial charge in [-0.15, -0.1) is 0 Å². The standard InChI is InChI=1S/C20H30N2O2S/c1-13(2)9-17-12-25-20(22(17)11-14(3)4)21-18-8-7-16(10-15(18)5)19(23)24-6/h7-8,10,13-14,17H,9,11-12H2,1-6H3/t17-/m0/s1. The highest BCUT2D eigenvalue weighted by atomic mass is 32.2. The van der Waals surface area contributed by atoms with Crippen molar-refractivity contribution >= 4 is 28.6 Å². The lowest BCUT2D eigenvalue weighted by Gasteiger charge is -2.29. The number of ether oxygens (including phenoxy) is 1. The Hall–Kier alpha value is -1.49. The molecule has 1 saturated heterocycles. The fraction of sp³-hybridized carbons (Fsp3) is 0.600. The lowest BCUT2D eigenvalue weighted by Crippen LogP contribution is -2.37. The number of esters is 1. The van der Waals surface area contributed by atoms with Crippen LogP contribution >= 0.6 is 11.8 Å². The summed E-state index contributed by atoms with van der Waals surface area (Å²) >= 11 is 1.85. The highest BCUT2D eigenvalue weighted by molar-refractivity contribution is 8.14. The van der Waals surface area contributed by atoms with Crippen LogP contribution in [0.25, 0.3) is 0 Å². The van der Waals surface area contributed by atoms with Crippen molar-refractivity contribution in [2.75, 3.05) is 19.4 Å². The zero-order valence-corrected chi connectivity index (χ0v) is 17.0. The average molecular weight is 363 g/mol. The molecule has 0 spiro atoms. The molecule has 0 saturated carbocycles. The Bertz CT molecular complexity index is 641. The lowest BCUT2D eigenvalue weighted by molar-refractivity contribution is 0.0600. The van der Waals surface area contributed by atoms with Gasteiger partial charge in [-0.2, -0.15) is 0 Å². The summed E-state index contributed by atoms with van der Waals surface area (Å²) in [7, 11) is 1.40. The van der Waals surface area contributed by atoms with Gasteiger partial charge in [-0.3, -0.25) is 0 Å². The van der Waals surface area contributed by atoms with Crippen LogP contribution in [-0.2, 0) is 4.74 Å². The molecule has 25 heavy (non-hydrogen) atoms. The summed E-state index contributed by atoms with van der Waals surface area (Å²) < 4.78 is 4.79. The van der Waals surface area contributed by atoms with E-state index >= 15 is 0 Å². The van der Waals surface area contributed by atoms with Crippen LogP contribution in [0.5, 0.6) is 0 Å². The van der Waals surface area contributed by atoms with E-state index in [0.29, 0.717) is 23.4 Å². The molecule has 1 heterocycles.